The molecule has 194 valence electrons. The minimum Gasteiger partial charge on any atom is -0.494 e. The van der Waals surface area contributed by atoms with Gasteiger partial charge < -0.3 is 29.2 Å². The van der Waals surface area contributed by atoms with E-state index in [1.165, 1.54) is 18.9 Å². The van der Waals surface area contributed by atoms with Crippen molar-refractivity contribution in [2.45, 2.75) is 26.8 Å². The molecule has 0 bridgehead atoms. The number of amides is 1. The van der Waals surface area contributed by atoms with Crippen LogP contribution < -0.4 is 19.5 Å². The number of esters is 1. The number of ether oxygens (including phenoxy) is 4. The maximum Gasteiger partial charge on any atom is 0.338 e. The Balaban J connectivity index is 1.50. The number of hydrogen-bond donors (Lipinski definition) is 1. The Morgan fingerprint density at radius 2 is 1.84 bits per heavy atom. The SMILES string of the molecule is CCOC(=O)C1=C(C)N=C2SC=CN2[C@H]1c1ccc(OCC(=O)Nc2ccc(OCC)cc2)c(OC)c1. The van der Waals surface area contributed by atoms with Gasteiger partial charge in [-0.05, 0) is 68.1 Å². The monoisotopic (exact) mass is 523 g/mol. The van der Waals surface area contributed by atoms with E-state index in [1.54, 1.807) is 50.2 Å². The lowest BCUT2D eigenvalue weighted by molar-refractivity contribution is -0.139. The molecule has 0 saturated carbocycles. The lowest BCUT2D eigenvalue weighted by Crippen LogP contribution is -2.34. The van der Waals surface area contributed by atoms with Crippen LogP contribution in [0.5, 0.6) is 17.2 Å². The zero-order valence-electron chi connectivity index (χ0n) is 21.1. The standard InChI is InChI=1S/C27H29N3O6S/c1-5-34-20-10-8-19(9-11-20)29-23(31)16-36-21-12-7-18(15-22(21)33-4)25-24(26(32)35-6-2)17(3)28-27-30(25)13-14-37-27/h7-15,25H,5-6,16H2,1-4H3,(H,29,31)/t25-/m0/s1. The fourth-order valence-corrected chi connectivity index (χ4v) is 4.80. The Kier molecular flexibility index (Phi) is 8.39. The van der Waals surface area contributed by atoms with Gasteiger partial charge in [0.15, 0.2) is 23.3 Å². The Morgan fingerprint density at radius 3 is 2.54 bits per heavy atom. The number of anilines is 1. The summed E-state index contributed by atoms with van der Waals surface area (Å²) >= 11 is 1.49. The van der Waals surface area contributed by atoms with Gasteiger partial charge in [0, 0.05) is 11.9 Å². The van der Waals surface area contributed by atoms with Crippen molar-refractivity contribution >= 4 is 34.5 Å². The van der Waals surface area contributed by atoms with E-state index in [0.717, 1.165) is 16.5 Å². The predicted molar refractivity (Wildman–Crippen MR) is 143 cm³/mol. The van der Waals surface area contributed by atoms with Crippen LogP contribution in [0.2, 0.25) is 0 Å². The average Bonchev–Trinajstić information content (AvgIpc) is 3.36. The highest BCUT2D eigenvalue weighted by molar-refractivity contribution is 8.16. The zero-order valence-corrected chi connectivity index (χ0v) is 22.0. The molecule has 0 radical (unpaired) electrons. The highest BCUT2D eigenvalue weighted by Crippen LogP contribution is 2.43. The Bertz CT molecular complexity index is 1260. The molecule has 10 heteroatoms. The number of hydrogen-bond acceptors (Lipinski definition) is 9. The summed E-state index contributed by atoms with van der Waals surface area (Å²) in [6.07, 6.45) is 1.89. The number of carbonyl (C=O) groups is 2. The van der Waals surface area contributed by atoms with Crippen LogP contribution in [-0.4, -0.2) is 48.9 Å². The van der Waals surface area contributed by atoms with Crippen LogP contribution >= 0.6 is 11.8 Å². The summed E-state index contributed by atoms with van der Waals surface area (Å²) in [6.45, 7) is 6.12. The summed E-state index contributed by atoms with van der Waals surface area (Å²) in [7, 11) is 1.53. The van der Waals surface area contributed by atoms with Gasteiger partial charge in [0.1, 0.15) is 5.75 Å². The first-order valence-corrected chi connectivity index (χ1v) is 12.7. The van der Waals surface area contributed by atoms with Gasteiger partial charge in [-0.2, -0.15) is 0 Å². The molecule has 2 aliphatic rings. The van der Waals surface area contributed by atoms with Gasteiger partial charge in [-0.1, -0.05) is 17.8 Å². The number of fused-ring (bicyclic) bond motifs is 1. The molecule has 2 heterocycles. The maximum atomic E-state index is 12.9. The molecule has 0 saturated heterocycles. The molecule has 0 aliphatic carbocycles. The van der Waals surface area contributed by atoms with Crippen molar-refractivity contribution in [2.75, 3.05) is 32.2 Å². The maximum absolute atomic E-state index is 12.9. The summed E-state index contributed by atoms with van der Waals surface area (Å²) < 4.78 is 22.1. The Hall–Kier alpha value is -3.92. The molecule has 1 N–H and O–H groups in total. The minimum atomic E-state index is -0.441. The second kappa shape index (κ2) is 11.9. The normalized spacial score (nSPS) is 16.2. The summed E-state index contributed by atoms with van der Waals surface area (Å²) in [4.78, 5) is 31.8. The van der Waals surface area contributed by atoms with Crippen molar-refractivity contribution in [1.29, 1.82) is 0 Å². The van der Waals surface area contributed by atoms with E-state index in [0.29, 0.717) is 35.1 Å². The van der Waals surface area contributed by atoms with Gasteiger partial charge in [0.05, 0.1) is 37.6 Å². The van der Waals surface area contributed by atoms with Crippen LogP contribution in [0, 0.1) is 0 Å². The number of allylic oxidation sites excluding steroid dienone is 1. The van der Waals surface area contributed by atoms with E-state index >= 15 is 0 Å². The molecular weight excluding hydrogens is 494 g/mol. The molecule has 0 fully saturated rings. The van der Waals surface area contributed by atoms with Gasteiger partial charge in [0.2, 0.25) is 0 Å². The fraction of sp³-hybridized carbons (Fsp3) is 0.296. The minimum absolute atomic E-state index is 0.207. The first-order valence-electron chi connectivity index (χ1n) is 11.9. The molecule has 0 spiro atoms. The highest BCUT2D eigenvalue weighted by Gasteiger charge is 2.37. The number of nitrogens with one attached hydrogen (secondary N) is 1. The van der Waals surface area contributed by atoms with E-state index in [4.69, 9.17) is 18.9 Å². The first-order chi connectivity index (χ1) is 17.9. The van der Waals surface area contributed by atoms with Crippen LogP contribution in [-0.2, 0) is 14.3 Å². The Labute approximate surface area is 220 Å². The largest absolute Gasteiger partial charge is 0.494 e. The van der Waals surface area contributed by atoms with E-state index in [2.05, 4.69) is 10.3 Å². The van der Waals surface area contributed by atoms with Gasteiger partial charge in [0.25, 0.3) is 5.91 Å². The summed E-state index contributed by atoms with van der Waals surface area (Å²) in [5.41, 5.74) is 2.50. The summed E-state index contributed by atoms with van der Waals surface area (Å²) in [6, 6.07) is 12.0. The third-order valence-electron chi connectivity index (χ3n) is 5.63. The molecule has 2 aromatic rings. The summed E-state index contributed by atoms with van der Waals surface area (Å²) in [5, 5.41) is 5.49. The van der Waals surface area contributed by atoms with E-state index in [-0.39, 0.29) is 19.1 Å². The van der Waals surface area contributed by atoms with Gasteiger partial charge in [-0.15, -0.1) is 0 Å². The molecule has 0 aromatic heterocycles. The third kappa shape index (κ3) is 5.91. The van der Waals surface area contributed by atoms with Crippen LogP contribution in [0.3, 0.4) is 0 Å². The summed E-state index contributed by atoms with van der Waals surface area (Å²) in [5.74, 6) is 0.848. The van der Waals surface area contributed by atoms with Gasteiger partial charge in [-0.25, -0.2) is 9.79 Å². The number of methoxy groups -OCH3 is 1. The number of thioether (sulfide) groups is 1. The number of amidine groups is 1. The Morgan fingerprint density at radius 1 is 1.05 bits per heavy atom. The first kappa shape index (κ1) is 26.2. The van der Waals surface area contributed by atoms with E-state index in [1.807, 2.05) is 29.5 Å². The number of nitrogens with zero attached hydrogens (tertiary/aromatic N) is 2. The van der Waals surface area contributed by atoms with Crippen molar-refractivity contribution in [3.8, 4) is 17.2 Å². The number of rotatable bonds is 10. The van der Waals surface area contributed by atoms with Crippen molar-refractivity contribution in [1.82, 2.24) is 4.90 Å². The second-order valence-corrected chi connectivity index (χ2v) is 8.90. The number of carbonyl (C=O) groups excluding carboxylic acids is 2. The second-order valence-electron chi connectivity index (χ2n) is 8.03. The van der Waals surface area contributed by atoms with Crippen LogP contribution in [0.4, 0.5) is 5.69 Å². The van der Waals surface area contributed by atoms with Crippen molar-refractivity contribution in [3.63, 3.8) is 0 Å². The molecule has 2 aromatic carbocycles. The van der Waals surface area contributed by atoms with Gasteiger partial charge >= 0.3 is 5.97 Å². The molecule has 2 aliphatic heterocycles. The van der Waals surface area contributed by atoms with Crippen LogP contribution in [0.15, 0.2) is 70.3 Å². The van der Waals surface area contributed by atoms with Crippen LogP contribution in [0.25, 0.3) is 0 Å². The lowest BCUT2D eigenvalue weighted by Gasteiger charge is -2.33. The van der Waals surface area contributed by atoms with Crippen molar-refractivity contribution < 1.29 is 28.5 Å². The van der Waals surface area contributed by atoms with Crippen LogP contribution in [0.1, 0.15) is 32.4 Å². The lowest BCUT2D eigenvalue weighted by atomic mass is 9.94. The zero-order chi connectivity index (χ0) is 26.4. The topological polar surface area (TPSA) is 98.7 Å². The molecule has 37 heavy (non-hydrogen) atoms. The molecule has 1 amide bonds. The molecule has 0 unspecified atom stereocenters. The average molecular weight is 524 g/mol. The molecule has 9 nitrogen and oxygen atoms in total. The molecule has 1 atom stereocenters. The third-order valence-corrected chi connectivity index (χ3v) is 6.40. The van der Waals surface area contributed by atoms with Crippen molar-refractivity contribution in [3.05, 3.63) is 70.9 Å². The number of aliphatic imine (C=N–C) groups is 1. The highest BCUT2D eigenvalue weighted by atomic mass is 32.2. The number of benzene rings is 2. The predicted octanol–water partition coefficient (Wildman–Crippen LogP) is 4.88. The van der Waals surface area contributed by atoms with Crippen molar-refractivity contribution in [2.24, 2.45) is 4.99 Å². The quantitative estimate of drug-likeness (QED) is 0.440. The van der Waals surface area contributed by atoms with E-state index < -0.39 is 12.0 Å². The molecule has 4 rings (SSSR count). The fourth-order valence-electron chi connectivity index (χ4n) is 4.01. The van der Waals surface area contributed by atoms with Gasteiger partial charge in [-0.3, -0.25) is 4.79 Å². The van der Waals surface area contributed by atoms with E-state index in [9.17, 15) is 9.59 Å². The molecular formula is C27H29N3O6S. The smallest absolute Gasteiger partial charge is 0.338 e.